The summed E-state index contributed by atoms with van der Waals surface area (Å²) in [6.07, 6.45) is 3.51. The molecule has 24 heavy (non-hydrogen) atoms. The smallest absolute Gasteiger partial charge is 0.321 e. The Kier molecular flexibility index (Phi) is 8.47. The first-order valence-corrected chi connectivity index (χ1v) is 8.85. The number of hydrogen-bond donors (Lipinski definition) is 3. The van der Waals surface area contributed by atoms with Crippen molar-refractivity contribution in [1.82, 2.24) is 10.6 Å². The van der Waals surface area contributed by atoms with E-state index in [4.69, 9.17) is 0 Å². The maximum atomic E-state index is 12.1. The van der Waals surface area contributed by atoms with Crippen molar-refractivity contribution in [2.24, 2.45) is 5.92 Å². The number of rotatable bonds is 8. The van der Waals surface area contributed by atoms with E-state index in [2.05, 4.69) is 55.7 Å². The average Bonchev–Trinajstić information content (AvgIpc) is 2.57. The number of carbonyl (C=O) groups excluding carboxylic acids is 2. The van der Waals surface area contributed by atoms with Gasteiger partial charge in [-0.3, -0.25) is 10.1 Å². The van der Waals surface area contributed by atoms with Gasteiger partial charge < -0.3 is 10.6 Å². The van der Waals surface area contributed by atoms with Gasteiger partial charge in [0, 0.05) is 18.5 Å². The van der Waals surface area contributed by atoms with Gasteiger partial charge >= 0.3 is 6.03 Å². The second-order valence-corrected chi connectivity index (χ2v) is 6.66. The van der Waals surface area contributed by atoms with E-state index in [0.717, 1.165) is 6.42 Å². The molecule has 0 spiro atoms. The molecule has 0 radical (unpaired) electrons. The molecule has 1 aromatic carbocycles. The number of urea groups is 1. The lowest BCUT2D eigenvalue weighted by Gasteiger charge is -2.23. The molecule has 1 aromatic rings. The van der Waals surface area contributed by atoms with E-state index in [9.17, 15) is 9.59 Å². The molecule has 0 unspecified atom stereocenters. The Bertz CT molecular complexity index is 526. The fourth-order valence-corrected chi connectivity index (χ4v) is 2.69. The molecule has 0 aromatic heterocycles. The van der Waals surface area contributed by atoms with Gasteiger partial charge in [-0.25, -0.2) is 4.79 Å². The van der Waals surface area contributed by atoms with Crippen molar-refractivity contribution in [3.8, 4) is 0 Å². The molecule has 0 saturated carbocycles. The first-order valence-electron chi connectivity index (χ1n) is 8.85. The lowest BCUT2D eigenvalue weighted by molar-refractivity contribution is -0.719. The molecular formula is C19H32N3O2+. The van der Waals surface area contributed by atoms with Crippen LogP contribution in [-0.2, 0) is 11.2 Å². The SMILES string of the molecule is CCCCc1ccc([C@@H]([NH2+][C@H](C)C(=O)NC(=O)NC)C(C)C)cc1. The molecule has 5 nitrogen and oxygen atoms in total. The minimum Gasteiger partial charge on any atom is -0.341 e. The second-order valence-electron chi connectivity index (χ2n) is 6.66. The van der Waals surface area contributed by atoms with Crippen molar-refractivity contribution < 1.29 is 14.9 Å². The molecular weight excluding hydrogens is 302 g/mol. The van der Waals surface area contributed by atoms with Gasteiger partial charge in [-0.2, -0.15) is 0 Å². The normalized spacial score (nSPS) is 13.4. The predicted molar refractivity (Wildman–Crippen MR) is 96.6 cm³/mol. The van der Waals surface area contributed by atoms with Crippen LogP contribution in [0, 0.1) is 5.92 Å². The molecule has 0 fully saturated rings. The van der Waals surface area contributed by atoms with E-state index in [1.807, 2.05) is 12.2 Å². The van der Waals surface area contributed by atoms with Crippen LogP contribution >= 0.6 is 0 Å². The number of carbonyl (C=O) groups is 2. The van der Waals surface area contributed by atoms with Crippen molar-refractivity contribution in [1.29, 1.82) is 0 Å². The van der Waals surface area contributed by atoms with Gasteiger partial charge in [0.2, 0.25) is 0 Å². The molecule has 0 aliphatic heterocycles. The van der Waals surface area contributed by atoms with Crippen molar-refractivity contribution in [3.05, 3.63) is 35.4 Å². The van der Waals surface area contributed by atoms with Crippen molar-refractivity contribution in [3.63, 3.8) is 0 Å². The summed E-state index contributed by atoms with van der Waals surface area (Å²) in [5.41, 5.74) is 2.57. The Morgan fingerprint density at radius 3 is 2.25 bits per heavy atom. The van der Waals surface area contributed by atoms with E-state index >= 15 is 0 Å². The predicted octanol–water partition coefficient (Wildman–Crippen LogP) is 2.13. The van der Waals surface area contributed by atoms with Crippen LogP contribution in [0.3, 0.4) is 0 Å². The highest BCUT2D eigenvalue weighted by Crippen LogP contribution is 2.19. The maximum absolute atomic E-state index is 12.1. The standard InChI is InChI=1S/C19H31N3O2/c1-6-7-8-15-9-11-16(12-10-15)17(13(2)3)21-14(4)18(23)22-19(24)20-5/h9-14,17,21H,6-8H2,1-5H3,(H2,20,22,23,24)/p+1/t14-,17+/m1/s1. The van der Waals surface area contributed by atoms with Crippen LogP contribution in [0.1, 0.15) is 57.7 Å². The monoisotopic (exact) mass is 334 g/mol. The first kappa shape index (κ1) is 20.2. The molecule has 2 atom stereocenters. The number of unbranched alkanes of at least 4 members (excludes halogenated alkanes) is 1. The fraction of sp³-hybridized carbons (Fsp3) is 0.579. The van der Waals surface area contributed by atoms with Crippen LogP contribution in [0.15, 0.2) is 24.3 Å². The van der Waals surface area contributed by atoms with Gasteiger partial charge in [0.25, 0.3) is 5.91 Å². The van der Waals surface area contributed by atoms with Crippen molar-refractivity contribution in [2.75, 3.05) is 7.05 Å². The van der Waals surface area contributed by atoms with Crippen LogP contribution in [0.4, 0.5) is 4.79 Å². The summed E-state index contributed by atoms with van der Waals surface area (Å²) in [5, 5.41) is 6.77. The Balaban J connectivity index is 2.76. The van der Waals surface area contributed by atoms with E-state index in [-0.39, 0.29) is 18.0 Å². The van der Waals surface area contributed by atoms with Crippen molar-refractivity contribution in [2.45, 2.75) is 59.0 Å². The van der Waals surface area contributed by atoms with E-state index in [0.29, 0.717) is 5.92 Å². The molecule has 1 rings (SSSR count). The summed E-state index contributed by atoms with van der Waals surface area (Å²) >= 11 is 0. The molecule has 0 bridgehead atoms. The molecule has 0 aliphatic rings. The van der Waals surface area contributed by atoms with Crippen LogP contribution in [0.5, 0.6) is 0 Å². The number of aryl methyl sites for hydroxylation is 1. The Morgan fingerprint density at radius 1 is 1.12 bits per heavy atom. The summed E-state index contributed by atoms with van der Waals surface area (Å²) in [4.78, 5) is 23.4. The highest BCUT2D eigenvalue weighted by molar-refractivity contribution is 5.95. The molecule has 5 heteroatoms. The third-order valence-electron chi connectivity index (χ3n) is 4.28. The summed E-state index contributed by atoms with van der Waals surface area (Å²) < 4.78 is 0. The topological polar surface area (TPSA) is 74.8 Å². The third-order valence-corrected chi connectivity index (χ3v) is 4.28. The number of nitrogens with one attached hydrogen (secondary N) is 2. The van der Waals surface area contributed by atoms with Crippen LogP contribution in [0.2, 0.25) is 0 Å². The molecule has 134 valence electrons. The van der Waals surface area contributed by atoms with Gasteiger partial charge in [-0.1, -0.05) is 51.5 Å². The number of nitrogens with two attached hydrogens (primary N) is 1. The molecule has 3 amide bonds. The van der Waals surface area contributed by atoms with Crippen molar-refractivity contribution >= 4 is 11.9 Å². The zero-order chi connectivity index (χ0) is 18.1. The number of hydrogen-bond acceptors (Lipinski definition) is 2. The van der Waals surface area contributed by atoms with Crippen LogP contribution in [-0.4, -0.2) is 25.0 Å². The summed E-state index contributed by atoms with van der Waals surface area (Å²) in [7, 11) is 1.49. The van der Waals surface area contributed by atoms with Crippen LogP contribution < -0.4 is 16.0 Å². The molecule has 0 aliphatic carbocycles. The maximum Gasteiger partial charge on any atom is 0.321 e. The van der Waals surface area contributed by atoms with Gasteiger partial charge in [-0.15, -0.1) is 0 Å². The molecule has 0 saturated heterocycles. The Morgan fingerprint density at radius 2 is 1.75 bits per heavy atom. The lowest BCUT2D eigenvalue weighted by atomic mass is 9.94. The lowest BCUT2D eigenvalue weighted by Crippen LogP contribution is -2.93. The van der Waals surface area contributed by atoms with E-state index in [1.54, 1.807) is 0 Å². The number of amides is 3. The van der Waals surface area contributed by atoms with E-state index in [1.165, 1.54) is 31.0 Å². The quantitative estimate of drug-likeness (QED) is 0.681. The summed E-state index contributed by atoms with van der Waals surface area (Å²) in [6, 6.07) is 8.06. The minimum absolute atomic E-state index is 0.177. The Labute approximate surface area is 145 Å². The zero-order valence-electron chi connectivity index (χ0n) is 15.6. The second kappa shape index (κ2) is 10.1. The minimum atomic E-state index is -0.471. The average molecular weight is 334 g/mol. The number of benzene rings is 1. The number of imide groups is 1. The van der Waals surface area contributed by atoms with Gasteiger partial charge in [0.1, 0.15) is 6.04 Å². The van der Waals surface area contributed by atoms with Crippen LogP contribution in [0.25, 0.3) is 0 Å². The van der Waals surface area contributed by atoms with Gasteiger partial charge in [-0.05, 0) is 25.3 Å². The fourth-order valence-electron chi connectivity index (χ4n) is 2.69. The Hall–Kier alpha value is -1.88. The van der Waals surface area contributed by atoms with E-state index < -0.39 is 6.03 Å². The number of quaternary nitrogens is 1. The first-order chi connectivity index (χ1) is 11.4. The largest absolute Gasteiger partial charge is 0.341 e. The third kappa shape index (κ3) is 6.32. The highest BCUT2D eigenvalue weighted by atomic mass is 16.2. The molecule has 4 N–H and O–H groups in total. The highest BCUT2D eigenvalue weighted by Gasteiger charge is 2.26. The zero-order valence-corrected chi connectivity index (χ0v) is 15.6. The van der Waals surface area contributed by atoms with Gasteiger partial charge in [0.05, 0.1) is 0 Å². The summed E-state index contributed by atoms with van der Waals surface area (Å²) in [5.74, 6) is 0.0984. The molecule has 0 heterocycles. The summed E-state index contributed by atoms with van der Waals surface area (Å²) in [6.45, 7) is 8.32. The van der Waals surface area contributed by atoms with Gasteiger partial charge in [0.15, 0.2) is 6.04 Å².